The minimum absolute atomic E-state index is 0.157. The zero-order valence-electron chi connectivity index (χ0n) is 16.5. The number of piperazine rings is 1. The highest BCUT2D eigenvalue weighted by molar-refractivity contribution is 5.89. The van der Waals surface area contributed by atoms with E-state index < -0.39 is 0 Å². The van der Waals surface area contributed by atoms with Gasteiger partial charge in [0, 0.05) is 44.1 Å². The van der Waals surface area contributed by atoms with Gasteiger partial charge in [0.2, 0.25) is 0 Å². The molecule has 1 heterocycles. The van der Waals surface area contributed by atoms with E-state index in [1.807, 2.05) is 24.3 Å². The van der Waals surface area contributed by atoms with E-state index in [0.29, 0.717) is 13.1 Å². The van der Waals surface area contributed by atoms with Gasteiger partial charge in [-0.2, -0.15) is 0 Å². The molecule has 0 aromatic heterocycles. The van der Waals surface area contributed by atoms with Crippen molar-refractivity contribution in [1.82, 2.24) is 10.2 Å². The van der Waals surface area contributed by atoms with Gasteiger partial charge in [0.1, 0.15) is 0 Å². The Morgan fingerprint density at radius 3 is 2.37 bits per heavy atom. The Bertz CT molecular complexity index is 583. The van der Waals surface area contributed by atoms with Crippen molar-refractivity contribution in [1.29, 1.82) is 0 Å². The summed E-state index contributed by atoms with van der Waals surface area (Å²) in [7, 11) is 1.42. The summed E-state index contributed by atoms with van der Waals surface area (Å²) in [4.78, 5) is 27.6. The van der Waals surface area contributed by atoms with E-state index in [1.165, 1.54) is 20.0 Å². The van der Waals surface area contributed by atoms with Gasteiger partial charge >= 0.3 is 12.0 Å². The van der Waals surface area contributed by atoms with Crippen molar-refractivity contribution in [3.63, 3.8) is 0 Å². The van der Waals surface area contributed by atoms with E-state index in [-0.39, 0.29) is 12.0 Å². The third-order valence-corrected chi connectivity index (χ3v) is 4.76. The Hall–Kier alpha value is -2.28. The SMILES string of the molecule is CCCCCCNC(=O)Nc1ccc(N2CCN(CC(=O)OC)CC2)cc1. The molecule has 1 aliphatic heterocycles. The second kappa shape index (κ2) is 11.4. The minimum Gasteiger partial charge on any atom is -0.468 e. The molecule has 1 fully saturated rings. The molecule has 2 N–H and O–H groups in total. The summed E-state index contributed by atoms with van der Waals surface area (Å²) < 4.78 is 4.72. The third kappa shape index (κ3) is 7.46. The first kappa shape index (κ1) is 21.0. The maximum atomic E-state index is 11.9. The summed E-state index contributed by atoms with van der Waals surface area (Å²) >= 11 is 0. The highest BCUT2D eigenvalue weighted by Crippen LogP contribution is 2.19. The largest absolute Gasteiger partial charge is 0.468 e. The third-order valence-electron chi connectivity index (χ3n) is 4.76. The molecule has 7 heteroatoms. The van der Waals surface area contributed by atoms with Gasteiger partial charge in [-0.05, 0) is 30.7 Å². The summed E-state index contributed by atoms with van der Waals surface area (Å²) in [6.45, 7) is 6.61. The predicted molar refractivity (Wildman–Crippen MR) is 108 cm³/mol. The zero-order valence-corrected chi connectivity index (χ0v) is 16.5. The average molecular weight is 377 g/mol. The van der Waals surface area contributed by atoms with E-state index in [9.17, 15) is 9.59 Å². The molecule has 0 aliphatic carbocycles. The lowest BCUT2D eigenvalue weighted by molar-refractivity contribution is -0.142. The standard InChI is InChI=1S/C20H32N4O3/c1-3-4-5-6-11-21-20(26)22-17-7-9-18(10-8-17)24-14-12-23(13-15-24)16-19(25)27-2/h7-10H,3-6,11-16H2,1-2H3,(H2,21,22,26). The zero-order chi connectivity index (χ0) is 19.5. The molecule has 0 bridgehead atoms. The number of ether oxygens (including phenoxy) is 1. The van der Waals surface area contributed by atoms with Crippen molar-refractivity contribution in [3.8, 4) is 0 Å². The molecular weight excluding hydrogens is 344 g/mol. The summed E-state index contributed by atoms with van der Waals surface area (Å²) in [5, 5.41) is 5.76. The van der Waals surface area contributed by atoms with E-state index >= 15 is 0 Å². The Balaban J connectivity index is 1.72. The fourth-order valence-electron chi connectivity index (χ4n) is 3.10. The summed E-state index contributed by atoms with van der Waals surface area (Å²) in [5.41, 5.74) is 1.91. The molecule has 2 rings (SSSR count). The van der Waals surface area contributed by atoms with Gasteiger partial charge in [-0.25, -0.2) is 4.79 Å². The molecular formula is C20H32N4O3. The van der Waals surface area contributed by atoms with Gasteiger partial charge in [-0.15, -0.1) is 0 Å². The summed E-state index contributed by atoms with van der Waals surface area (Å²) in [6, 6.07) is 7.73. The Kier molecular flexibility index (Phi) is 8.91. The first-order chi connectivity index (χ1) is 13.1. The summed E-state index contributed by atoms with van der Waals surface area (Å²) in [6.07, 6.45) is 4.57. The number of carbonyl (C=O) groups excluding carboxylic acids is 2. The smallest absolute Gasteiger partial charge is 0.319 e. The van der Waals surface area contributed by atoms with Gasteiger partial charge in [0.15, 0.2) is 0 Å². The Morgan fingerprint density at radius 2 is 1.74 bits per heavy atom. The first-order valence-electron chi connectivity index (χ1n) is 9.81. The number of esters is 1. The number of hydrogen-bond acceptors (Lipinski definition) is 5. The average Bonchev–Trinajstić information content (AvgIpc) is 2.69. The normalized spacial score (nSPS) is 14.7. The van der Waals surface area contributed by atoms with Crippen LogP contribution in [0.15, 0.2) is 24.3 Å². The number of nitrogens with zero attached hydrogens (tertiary/aromatic N) is 2. The van der Waals surface area contributed by atoms with Crippen LogP contribution in [0.25, 0.3) is 0 Å². The van der Waals surface area contributed by atoms with E-state index in [0.717, 1.165) is 50.4 Å². The van der Waals surface area contributed by atoms with E-state index in [4.69, 9.17) is 4.74 Å². The number of amides is 2. The molecule has 0 saturated carbocycles. The molecule has 2 amide bonds. The number of urea groups is 1. The lowest BCUT2D eigenvalue weighted by Gasteiger charge is -2.35. The van der Waals surface area contributed by atoms with Crippen LogP contribution in [0.4, 0.5) is 16.2 Å². The van der Waals surface area contributed by atoms with Crippen LogP contribution in [0, 0.1) is 0 Å². The number of rotatable bonds is 9. The number of anilines is 2. The van der Waals surface area contributed by atoms with E-state index in [2.05, 4.69) is 27.4 Å². The van der Waals surface area contributed by atoms with Crippen LogP contribution in [0.3, 0.4) is 0 Å². The first-order valence-corrected chi connectivity index (χ1v) is 9.81. The minimum atomic E-state index is -0.192. The van der Waals surface area contributed by atoms with Gasteiger partial charge < -0.3 is 20.3 Å². The Labute approximate surface area is 162 Å². The second-order valence-corrected chi connectivity index (χ2v) is 6.83. The fraction of sp³-hybridized carbons (Fsp3) is 0.600. The van der Waals surface area contributed by atoms with Crippen LogP contribution < -0.4 is 15.5 Å². The van der Waals surface area contributed by atoms with Gasteiger partial charge in [-0.3, -0.25) is 9.69 Å². The van der Waals surface area contributed by atoms with Crippen molar-refractivity contribution in [2.75, 3.05) is 56.6 Å². The van der Waals surface area contributed by atoms with Crippen LogP contribution in [0.2, 0.25) is 0 Å². The van der Waals surface area contributed by atoms with Crippen LogP contribution in [0.1, 0.15) is 32.6 Å². The number of nitrogens with one attached hydrogen (secondary N) is 2. The van der Waals surface area contributed by atoms with E-state index in [1.54, 1.807) is 0 Å². The number of methoxy groups -OCH3 is 1. The van der Waals surface area contributed by atoms with Crippen molar-refractivity contribution >= 4 is 23.4 Å². The van der Waals surface area contributed by atoms with Crippen LogP contribution in [-0.4, -0.2) is 63.3 Å². The lowest BCUT2D eigenvalue weighted by Crippen LogP contribution is -2.48. The fourth-order valence-corrected chi connectivity index (χ4v) is 3.10. The molecule has 1 aliphatic rings. The Morgan fingerprint density at radius 1 is 1.04 bits per heavy atom. The van der Waals surface area contributed by atoms with Crippen LogP contribution in [0.5, 0.6) is 0 Å². The van der Waals surface area contributed by atoms with Crippen LogP contribution >= 0.6 is 0 Å². The quantitative estimate of drug-likeness (QED) is 0.512. The molecule has 1 aromatic carbocycles. The number of carbonyl (C=O) groups is 2. The van der Waals surface area contributed by atoms with Crippen molar-refractivity contribution in [2.24, 2.45) is 0 Å². The molecule has 0 spiro atoms. The lowest BCUT2D eigenvalue weighted by atomic mass is 10.2. The molecule has 150 valence electrons. The summed E-state index contributed by atoms with van der Waals surface area (Å²) in [5.74, 6) is -0.192. The highest BCUT2D eigenvalue weighted by Gasteiger charge is 2.19. The number of benzene rings is 1. The maximum Gasteiger partial charge on any atom is 0.319 e. The molecule has 0 atom stereocenters. The predicted octanol–water partition coefficient (Wildman–Crippen LogP) is 2.68. The highest BCUT2D eigenvalue weighted by atomic mass is 16.5. The number of hydrogen-bond donors (Lipinski definition) is 2. The van der Waals surface area contributed by atoms with Gasteiger partial charge in [0.05, 0.1) is 13.7 Å². The second-order valence-electron chi connectivity index (χ2n) is 6.83. The van der Waals surface area contributed by atoms with Crippen molar-refractivity contribution in [3.05, 3.63) is 24.3 Å². The van der Waals surface area contributed by atoms with Crippen molar-refractivity contribution < 1.29 is 14.3 Å². The van der Waals surface area contributed by atoms with Crippen molar-refractivity contribution in [2.45, 2.75) is 32.6 Å². The monoisotopic (exact) mass is 376 g/mol. The molecule has 1 aromatic rings. The molecule has 27 heavy (non-hydrogen) atoms. The topological polar surface area (TPSA) is 73.9 Å². The van der Waals surface area contributed by atoms with Gasteiger partial charge in [-0.1, -0.05) is 26.2 Å². The van der Waals surface area contributed by atoms with Crippen LogP contribution in [-0.2, 0) is 9.53 Å². The molecule has 0 unspecified atom stereocenters. The number of unbranched alkanes of at least 4 members (excludes halogenated alkanes) is 3. The molecule has 0 radical (unpaired) electrons. The molecule has 7 nitrogen and oxygen atoms in total. The van der Waals surface area contributed by atoms with Gasteiger partial charge in [0.25, 0.3) is 0 Å². The maximum absolute atomic E-state index is 11.9. The molecule has 1 saturated heterocycles.